The van der Waals surface area contributed by atoms with Crippen LogP contribution in [-0.4, -0.2) is 74.6 Å². The summed E-state index contributed by atoms with van der Waals surface area (Å²) in [6.07, 6.45) is 7.61. The Morgan fingerprint density at radius 3 is 2.76 bits per heavy atom. The highest BCUT2D eigenvalue weighted by atomic mass is 32.2. The van der Waals surface area contributed by atoms with Crippen molar-refractivity contribution in [2.75, 3.05) is 31.0 Å². The first kappa shape index (κ1) is 22.6. The van der Waals surface area contributed by atoms with Crippen molar-refractivity contribution < 1.29 is 14.9 Å². The van der Waals surface area contributed by atoms with Gasteiger partial charge in [-0.15, -0.1) is 13.2 Å². The number of anilines is 1. The zero-order valence-electron chi connectivity index (χ0n) is 17.5. The summed E-state index contributed by atoms with van der Waals surface area (Å²) in [4.78, 5) is 9.14. The lowest BCUT2D eigenvalue weighted by molar-refractivity contribution is -0.0400. The van der Waals surface area contributed by atoms with Crippen LogP contribution in [0.25, 0.3) is 11.2 Å². The van der Waals surface area contributed by atoms with E-state index in [9.17, 15) is 10.2 Å². The fourth-order valence-corrected chi connectivity index (χ4v) is 5.46. The van der Waals surface area contributed by atoms with Gasteiger partial charge in [0.15, 0.2) is 17.0 Å². The molecule has 0 aromatic carbocycles. The molecule has 3 heterocycles. The highest BCUT2D eigenvalue weighted by molar-refractivity contribution is 7.99. The lowest BCUT2D eigenvalue weighted by Crippen LogP contribution is -2.32. The third kappa shape index (κ3) is 5.17. The molecule has 7 nitrogen and oxygen atoms in total. The van der Waals surface area contributed by atoms with Crippen molar-refractivity contribution in [3.8, 4) is 0 Å². The largest absolute Gasteiger partial charge is 0.397 e. The van der Waals surface area contributed by atoms with Crippen LogP contribution in [0.4, 0.5) is 5.69 Å². The molecule has 0 radical (unpaired) electrons. The maximum Gasteiger partial charge on any atom is 0.172 e. The number of rotatable bonds is 9. The van der Waals surface area contributed by atoms with Gasteiger partial charge < -0.3 is 20.7 Å². The second-order valence-electron chi connectivity index (χ2n) is 8.39. The van der Waals surface area contributed by atoms with E-state index in [1.54, 1.807) is 28.6 Å². The molecule has 3 rings (SSSR count). The second kappa shape index (κ2) is 9.40. The number of fused-ring (bicyclic) bond motifs is 1. The van der Waals surface area contributed by atoms with E-state index < -0.39 is 31.4 Å². The molecule has 2 aromatic heterocycles. The van der Waals surface area contributed by atoms with Gasteiger partial charge in [-0.05, 0) is 38.4 Å². The van der Waals surface area contributed by atoms with Crippen LogP contribution in [0.2, 0.25) is 0 Å². The van der Waals surface area contributed by atoms with Gasteiger partial charge in [0.25, 0.3) is 0 Å². The standard InChI is InChI=1S/C20H33N4O3PS/c1-5-6-7-12-29-20-23-15-13(21)8-10-22-18(15)24(20)19-17(26)16(25)14(27-19)9-11-28(2,3)4/h8,10,14,16-17,19,25-26H,2,5-7,9,11-12H2,1,3-4H3,(H2,21,22)/t14?,16-,17-,19?/m1/s1. The molecular formula is C20H33N4O3PS. The summed E-state index contributed by atoms with van der Waals surface area (Å²) >= 11 is 1.61. The van der Waals surface area contributed by atoms with Gasteiger partial charge in [0, 0.05) is 11.9 Å². The molecule has 162 valence electrons. The highest BCUT2D eigenvalue weighted by Crippen LogP contribution is 2.41. The van der Waals surface area contributed by atoms with Gasteiger partial charge in [0.05, 0.1) is 11.8 Å². The van der Waals surface area contributed by atoms with Crippen molar-refractivity contribution in [1.29, 1.82) is 0 Å². The molecule has 0 aliphatic carbocycles. The van der Waals surface area contributed by atoms with Gasteiger partial charge in [-0.1, -0.05) is 31.5 Å². The first-order valence-electron chi connectivity index (χ1n) is 10.2. The van der Waals surface area contributed by atoms with Crippen LogP contribution in [0.5, 0.6) is 0 Å². The summed E-state index contributed by atoms with van der Waals surface area (Å²) < 4.78 is 7.97. The normalized spacial score (nSPS) is 25.1. The minimum absolute atomic E-state index is 0.438. The van der Waals surface area contributed by atoms with Crippen LogP contribution in [0, 0.1) is 0 Å². The predicted molar refractivity (Wildman–Crippen MR) is 123 cm³/mol. The summed E-state index contributed by atoms with van der Waals surface area (Å²) in [5, 5.41) is 22.1. The number of nitrogen functional groups attached to an aromatic ring is 1. The summed E-state index contributed by atoms with van der Waals surface area (Å²) in [5.41, 5.74) is 7.83. The lowest BCUT2D eigenvalue weighted by Gasteiger charge is -2.20. The van der Waals surface area contributed by atoms with Crippen LogP contribution in [0.1, 0.15) is 38.8 Å². The Balaban J connectivity index is 1.90. The van der Waals surface area contributed by atoms with Crippen LogP contribution in [0.15, 0.2) is 17.4 Å². The molecule has 0 amide bonds. The van der Waals surface area contributed by atoms with E-state index in [0.29, 0.717) is 28.4 Å². The van der Waals surface area contributed by atoms with Crippen LogP contribution < -0.4 is 5.73 Å². The van der Waals surface area contributed by atoms with Gasteiger partial charge in [-0.2, -0.15) is 0 Å². The number of ether oxygens (including phenoxy) is 1. The van der Waals surface area contributed by atoms with Crippen molar-refractivity contribution >= 4 is 41.8 Å². The van der Waals surface area contributed by atoms with Crippen molar-refractivity contribution in [2.24, 2.45) is 0 Å². The molecule has 2 unspecified atom stereocenters. The smallest absolute Gasteiger partial charge is 0.172 e. The molecule has 2 aromatic rings. The Morgan fingerprint density at radius 2 is 2.07 bits per heavy atom. The van der Waals surface area contributed by atoms with E-state index in [-0.39, 0.29) is 0 Å². The van der Waals surface area contributed by atoms with E-state index in [2.05, 4.69) is 36.5 Å². The summed E-state index contributed by atoms with van der Waals surface area (Å²) in [5.74, 6) is 0.909. The van der Waals surface area contributed by atoms with Gasteiger partial charge in [-0.25, -0.2) is 9.97 Å². The Kier molecular flexibility index (Phi) is 7.33. The Bertz CT molecular complexity index is 884. The highest BCUT2D eigenvalue weighted by Gasteiger charge is 2.45. The number of unbranched alkanes of at least 4 members (excludes halogenated alkanes) is 2. The summed E-state index contributed by atoms with van der Waals surface area (Å²) in [7, 11) is 0. The predicted octanol–water partition coefficient (Wildman–Crippen LogP) is 3.01. The SMILES string of the molecule is C=P(C)(C)CCC1OC(n2c(SCCCCC)nc3c(N)ccnc32)[C@H](O)[C@@H]1O. The molecule has 1 aliphatic heterocycles. The number of nitrogens with zero attached hydrogens (tertiary/aromatic N) is 3. The van der Waals surface area contributed by atoms with E-state index in [1.807, 2.05) is 0 Å². The van der Waals surface area contributed by atoms with Crippen molar-refractivity contribution in [3.63, 3.8) is 0 Å². The monoisotopic (exact) mass is 440 g/mol. The first-order chi connectivity index (χ1) is 13.7. The average molecular weight is 441 g/mol. The lowest BCUT2D eigenvalue weighted by atomic mass is 10.1. The minimum atomic E-state index is -1.25. The molecule has 0 bridgehead atoms. The van der Waals surface area contributed by atoms with Gasteiger partial charge in [-0.3, -0.25) is 4.57 Å². The molecule has 4 N–H and O–H groups in total. The van der Waals surface area contributed by atoms with Crippen LogP contribution >= 0.6 is 18.6 Å². The van der Waals surface area contributed by atoms with Crippen LogP contribution in [0.3, 0.4) is 0 Å². The van der Waals surface area contributed by atoms with Crippen LogP contribution in [-0.2, 0) is 4.74 Å². The number of hydrogen-bond donors (Lipinski definition) is 3. The van der Waals surface area contributed by atoms with Gasteiger partial charge in [0.2, 0.25) is 0 Å². The third-order valence-electron chi connectivity index (χ3n) is 5.17. The van der Waals surface area contributed by atoms with Gasteiger partial charge in [0.1, 0.15) is 17.7 Å². The topological polar surface area (TPSA) is 106 Å². The Morgan fingerprint density at radius 1 is 1.31 bits per heavy atom. The van der Waals surface area contributed by atoms with Crippen molar-refractivity contribution in [2.45, 2.75) is 62.3 Å². The fraction of sp³-hybridized carbons (Fsp3) is 0.650. The third-order valence-corrected chi connectivity index (χ3v) is 7.68. The summed E-state index contributed by atoms with van der Waals surface area (Å²) in [6, 6.07) is 1.72. The molecule has 29 heavy (non-hydrogen) atoms. The molecule has 0 spiro atoms. The second-order valence-corrected chi connectivity index (χ2v) is 13.8. The summed E-state index contributed by atoms with van der Waals surface area (Å²) in [6.45, 7) is 5.24. The number of nitrogens with two attached hydrogens (primary N) is 1. The van der Waals surface area contributed by atoms with E-state index in [4.69, 9.17) is 10.5 Å². The maximum absolute atomic E-state index is 10.8. The maximum atomic E-state index is 10.8. The number of aliphatic hydroxyl groups is 2. The molecule has 4 atom stereocenters. The zero-order chi connectivity index (χ0) is 21.2. The molecule has 1 fully saturated rings. The number of hydrogen-bond acceptors (Lipinski definition) is 7. The molecule has 0 saturated carbocycles. The quantitative estimate of drug-likeness (QED) is 0.313. The number of imidazole rings is 1. The first-order valence-corrected chi connectivity index (χ1v) is 14.2. The van der Waals surface area contributed by atoms with E-state index in [0.717, 1.165) is 31.2 Å². The fourth-order valence-electron chi connectivity index (χ4n) is 3.49. The van der Waals surface area contributed by atoms with E-state index in [1.165, 1.54) is 0 Å². The average Bonchev–Trinajstić information content (AvgIpc) is 3.16. The molecule has 9 heteroatoms. The number of pyridine rings is 1. The number of thioether (sulfide) groups is 1. The number of aromatic nitrogens is 3. The Hall–Kier alpha value is -1.05. The molecule has 1 aliphatic rings. The zero-order valence-corrected chi connectivity index (χ0v) is 19.2. The van der Waals surface area contributed by atoms with E-state index >= 15 is 0 Å². The minimum Gasteiger partial charge on any atom is -0.397 e. The number of aliphatic hydroxyl groups excluding tert-OH is 2. The molecule has 1 saturated heterocycles. The molecular weight excluding hydrogens is 407 g/mol. The van der Waals surface area contributed by atoms with Crippen molar-refractivity contribution in [3.05, 3.63) is 12.3 Å². The van der Waals surface area contributed by atoms with Crippen molar-refractivity contribution in [1.82, 2.24) is 14.5 Å². The van der Waals surface area contributed by atoms with Gasteiger partial charge >= 0.3 is 0 Å². The Labute approximate surface area is 177 Å².